The highest BCUT2D eigenvalue weighted by Crippen LogP contribution is 2.24. The summed E-state index contributed by atoms with van der Waals surface area (Å²) in [5.74, 6) is 0.540. The van der Waals surface area contributed by atoms with E-state index in [0.29, 0.717) is 5.75 Å². The van der Waals surface area contributed by atoms with Crippen molar-refractivity contribution in [3.05, 3.63) is 52.7 Å². The molecule has 0 amide bonds. The van der Waals surface area contributed by atoms with Crippen molar-refractivity contribution in [3.63, 3.8) is 0 Å². The molecule has 124 valence electrons. The molecule has 0 atom stereocenters. The van der Waals surface area contributed by atoms with Gasteiger partial charge in [0, 0.05) is 18.8 Å². The van der Waals surface area contributed by atoms with Crippen molar-refractivity contribution in [2.45, 2.75) is 38.5 Å². The predicted molar refractivity (Wildman–Crippen MR) is 98.5 cm³/mol. The third-order valence-corrected chi connectivity index (χ3v) is 5.05. The number of piperidine rings is 1. The van der Waals surface area contributed by atoms with Gasteiger partial charge in [-0.3, -0.25) is 5.21 Å². The lowest BCUT2D eigenvalue weighted by Crippen LogP contribution is -2.43. The molecule has 1 saturated heterocycles. The fourth-order valence-electron chi connectivity index (χ4n) is 3.40. The number of hydroxylamine groups is 1. The molecule has 1 N–H and O–H groups in total. The molecule has 0 radical (unpaired) electrons. The van der Waals surface area contributed by atoms with Crippen LogP contribution < -0.4 is 0 Å². The Balaban J connectivity index is 1.74. The quantitative estimate of drug-likeness (QED) is 0.629. The van der Waals surface area contributed by atoms with Crippen LogP contribution in [0.25, 0.3) is 6.08 Å². The molecule has 1 heterocycles. The first-order valence-electron chi connectivity index (χ1n) is 8.60. The van der Waals surface area contributed by atoms with Gasteiger partial charge in [0.25, 0.3) is 0 Å². The van der Waals surface area contributed by atoms with Gasteiger partial charge in [0.2, 0.25) is 0 Å². The van der Waals surface area contributed by atoms with E-state index in [-0.39, 0.29) is 0 Å². The lowest BCUT2D eigenvalue weighted by molar-refractivity contribution is -0.222. The van der Waals surface area contributed by atoms with E-state index in [1.807, 2.05) is 5.01 Å². The molecule has 0 bridgehead atoms. The van der Waals surface area contributed by atoms with Crippen molar-refractivity contribution in [1.29, 1.82) is 0 Å². The van der Waals surface area contributed by atoms with E-state index in [1.54, 1.807) is 0 Å². The Morgan fingerprint density at radius 1 is 1.26 bits per heavy atom. The predicted octanol–water partition coefficient (Wildman–Crippen LogP) is 4.09. The van der Waals surface area contributed by atoms with Gasteiger partial charge >= 0.3 is 0 Å². The lowest BCUT2D eigenvalue weighted by Gasteiger charge is -2.35. The zero-order valence-electron chi connectivity index (χ0n) is 13.6. The maximum Gasteiger partial charge on any atom is 0.0656 e. The average molecular weight is 330 g/mol. The number of hydrogen-bond donors (Lipinski definition) is 2. The Kier molecular flexibility index (Phi) is 5.81. The van der Waals surface area contributed by atoms with E-state index >= 15 is 0 Å². The number of hydrazine groups is 1. The molecule has 0 unspecified atom stereocenters. The van der Waals surface area contributed by atoms with E-state index in [1.165, 1.54) is 28.3 Å². The van der Waals surface area contributed by atoms with Crippen LogP contribution in [0, 0.1) is 0 Å². The summed E-state index contributed by atoms with van der Waals surface area (Å²) in [4.78, 5) is 0. The zero-order chi connectivity index (χ0) is 16.1. The summed E-state index contributed by atoms with van der Waals surface area (Å²) in [5.41, 5.74) is 4.98. The Morgan fingerprint density at radius 2 is 2.09 bits per heavy atom. The van der Waals surface area contributed by atoms with Crippen LogP contribution in [0.15, 0.2) is 36.0 Å². The van der Waals surface area contributed by atoms with E-state index in [0.717, 1.165) is 50.9 Å². The van der Waals surface area contributed by atoms with Crippen molar-refractivity contribution < 1.29 is 5.21 Å². The van der Waals surface area contributed by atoms with E-state index in [2.05, 4.69) is 49.1 Å². The average Bonchev–Trinajstić information content (AvgIpc) is 2.63. The first-order valence-corrected chi connectivity index (χ1v) is 9.24. The van der Waals surface area contributed by atoms with Crippen molar-refractivity contribution in [3.8, 4) is 0 Å². The molecule has 3 rings (SSSR count). The molecule has 0 aromatic heterocycles. The van der Waals surface area contributed by atoms with Crippen LogP contribution >= 0.6 is 12.6 Å². The van der Waals surface area contributed by atoms with Gasteiger partial charge in [-0.15, -0.1) is 0 Å². The number of aryl methyl sites for hydroxylation is 1. The van der Waals surface area contributed by atoms with Gasteiger partial charge in [0.15, 0.2) is 0 Å². The molecular formula is C19H26N2OS. The third kappa shape index (κ3) is 4.00. The minimum Gasteiger partial charge on any atom is -0.273 e. The number of rotatable bonds is 5. The van der Waals surface area contributed by atoms with E-state index < -0.39 is 0 Å². The molecule has 1 aromatic carbocycles. The number of thiol groups is 1. The summed E-state index contributed by atoms with van der Waals surface area (Å²) in [7, 11) is 0. The fraction of sp³-hybridized carbons (Fsp3) is 0.474. The smallest absolute Gasteiger partial charge is 0.0656 e. The first kappa shape index (κ1) is 16.6. The molecule has 0 saturated carbocycles. The third-order valence-electron chi connectivity index (χ3n) is 4.73. The van der Waals surface area contributed by atoms with Gasteiger partial charge < -0.3 is 0 Å². The Bertz CT molecular complexity index is 591. The molecule has 4 heteroatoms. The molecule has 23 heavy (non-hydrogen) atoms. The summed E-state index contributed by atoms with van der Waals surface area (Å²) >= 11 is 4.41. The number of allylic oxidation sites excluding steroid dienone is 2. The monoisotopic (exact) mass is 330 g/mol. The summed E-state index contributed by atoms with van der Waals surface area (Å²) in [5, 5.41) is 13.8. The molecule has 1 aromatic rings. The van der Waals surface area contributed by atoms with Crippen molar-refractivity contribution in [2.75, 3.05) is 18.8 Å². The van der Waals surface area contributed by atoms with Gasteiger partial charge in [0.1, 0.15) is 0 Å². The molecule has 1 aliphatic carbocycles. The summed E-state index contributed by atoms with van der Waals surface area (Å²) in [6.07, 6.45) is 13.2. The number of fused-ring (bicyclic) bond motifs is 1. The maximum atomic E-state index is 10.5. The van der Waals surface area contributed by atoms with Crippen molar-refractivity contribution in [2.24, 2.45) is 0 Å². The highest BCUT2D eigenvalue weighted by molar-refractivity contribution is 7.80. The highest BCUT2D eigenvalue weighted by atomic mass is 32.1. The van der Waals surface area contributed by atoms with Crippen molar-refractivity contribution in [1.82, 2.24) is 10.2 Å². The van der Waals surface area contributed by atoms with E-state index in [4.69, 9.17) is 0 Å². The number of nitrogens with zero attached hydrogens (tertiary/aromatic N) is 2. The second-order valence-corrected chi connectivity index (χ2v) is 6.61. The molecule has 1 aliphatic heterocycles. The van der Waals surface area contributed by atoms with Crippen LogP contribution in [0.2, 0.25) is 0 Å². The van der Waals surface area contributed by atoms with Gasteiger partial charge in [-0.25, -0.2) is 0 Å². The van der Waals surface area contributed by atoms with Crippen LogP contribution in [0.4, 0.5) is 0 Å². The SMILES string of the molecule is ON(/C(=C/Cc1cccc2c1C=CCC2)CS)N1CCCCC1. The standard InChI is InChI=1S/C19H26N2OS/c22-21(20-13-4-1-5-14-20)18(15-23)12-11-17-9-6-8-16-7-2-3-10-19(16)17/h3,6,8-10,12,22-23H,1-2,4-5,7,11,13-15H2/b18-12+. The number of hydrogen-bond acceptors (Lipinski definition) is 4. The zero-order valence-corrected chi connectivity index (χ0v) is 14.5. The van der Waals surface area contributed by atoms with Crippen LogP contribution in [0.3, 0.4) is 0 Å². The summed E-state index contributed by atoms with van der Waals surface area (Å²) < 4.78 is 0. The maximum absolute atomic E-state index is 10.5. The molecule has 0 spiro atoms. The Labute approximate surface area is 144 Å². The molecule has 2 aliphatic rings. The summed E-state index contributed by atoms with van der Waals surface area (Å²) in [6, 6.07) is 6.55. The Morgan fingerprint density at radius 3 is 2.87 bits per heavy atom. The van der Waals surface area contributed by atoms with Gasteiger partial charge in [0.05, 0.1) is 5.70 Å². The van der Waals surface area contributed by atoms with Crippen molar-refractivity contribution >= 4 is 18.7 Å². The minimum absolute atomic E-state index is 0.540. The van der Waals surface area contributed by atoms with Gasteiger partial charge in [-0.2, -0.15) is 22.8 Å². The van der Waals surface area contributed by atoms with Gasteiger partial charge in [-0.1, -0.05) is 42.8 Å². The second kappa shape index (κ2) is 8.04. The van der Waals surface area contributed by atoms with Crippen LogP contribution in [-0.4, -0.2) is 34.2 Å². The lowest BCUT2D eigenvalue weighted by atomic mass is 9.92. The largest absolute Gasteiger partial charge is 0.273 e. The van der Waals surface area contributed by atoms with Crippen LogP contribution in [0.5, 0.6) is 0 Å². The molecule has 1 fully saturated rings. The molecule has 3 nitrogen and oxygen atoms in total. The van der Waals surface area contributed by atoms with Crippen LogP contribution in [0.1, 0.15) is 42.4 Å². The fourth-order valence-corrected chi connectivity index (χ4v) is 3.66. The topological polar surface area (TPSA) is 26.7 Å². The number of benzene rings is 1. The highest BCUT2D eigenvalue weighted by Gasteiger charge is 2.18. The van der Waals surface area contributed by atoms with Gasteiger partial charge in [-0.05, 0) is 48.8 Å². The normalized spacial score (nSPS) is 18.8. The summed E-state index contributed by atoms with van der Waals surface area (Å²) in [6.45, 7) is 1.84. The minimum atomic E-state index is 0.540. The molecular weight excluding hydrogens is 304 g/mol. The van der Waals surface area contributed by atoms with E-state index in [9.17, 15) is 5.21 Å². The Hall–Kier alpha value is -1.23. The first-order chi connectivity index (χ1) is 11.3. The van der Waals surface area contributed by atoms with Crippen LogP contribution in [-0.2, 0) is 12.8 Å². The second-order valence-electron chi connectivity index (χ2n) is 6.29.